The maximum atomic E-state index is 12.5. The molecule has 0 aliphatic heterocycles. The van der Waals surface area contributed by atoms with Gasteiger partial charge in [0.2, 0.25) is 0 Å². The monoisotopic (exact) mass is 414 g/mol. The number of halogens is 1. The Bertz CT molecular complexity index is 747. The standard InChI is InChI=1S/C16H15IO3S/c1-11-3-7-13(8-4-11)15(18)16(17)21(19,20)14-9-5-12(2)6-10-14/h3-10,16H,1-2H3. The van der Waals surface area contributed by atoms with Crippen LogP contribution in [0.4, 0.5) is 0 Å². The number of Topliss-reactive ketones (excluding diaryl/α,β-unsaturated/α-hetero) is 1. The molecule has 0 aliphatic carbocycles. The first-order valence-electron chi connectivity index (χ1n) is 6.38. The number of aryl methyl sites for hydroxylation is 2. The Balaban J connectivity index is 2.33. The van der Waals surface area contributed by atoms with Crippen LogP contribution in [-0.2, 0) is 9.84 Å². The van der Waals surface area contributed by atoms with E-state index < -0.39 is 18.9 Å². The number of rotatable bonds is 4. The average molecular weight is 414 g/mol. The van der Waals surface area contributed by atoms with E-state index in [4.69, 9.17) is 0 Å². The molecule has 0 bridgehead atoms. The molecule has 2 aromatic carbocycles. The highest BCUT2D eigenvalue weighted by Crippen LogP contribution is 2.24. The van der Waals surface area contributed by atoms with E-state index in [2.05, 4.69) is 0 Å². The molecule has 1 atom stereocenters. The Labute approximate surface area is 138 Å². The van der Waals surface area contributed by atoms with E-state index in [9.17, 15) is 13.2 Å². The molecular weight excluding hydrogens is 399 g/mol. The maximum Gasteiger partial charge on any atom is 0.197 e. The van der Waals surface area contributed by atoms with Gasteiger partial charge in [0.15, 0.2) is 18.9 Å². The summed E-state index contributed by atoms with van der Waals surface area (Å²) in [5.74, 6) is -0.392. The summed E-state index contributed by atoms with van der Waals surface area (Å²) >= 11 is 1.70. The molecule has 2 rings (SSSR count). The van der Waals surface area contributed by atoms with Crippen molar-refractivity contribution in [2.45, 2.75) is 22.0 Å². The fourth-order valence-electron chi connectivity index (χ4n) is 1.84. The largest absolute Gasteiger partial charge is 0.292 e. The molecule has 0 aromatic heterocycles. The van der Waals surface area contributed by atoms with Gasteiger partial charge in [-0.15, -0.1) is 0 Å². The van der Waals surface area contributed by atoms with Gasteiger partial charge >= 0.3 is 0 Å². The van der Waals surface area contributed by atoms with E-state index in [1.165, 1.54) is 0 Å². The quantitative estimate of drug-likeness (QED) is 0.436. The smallest absolute Gasteiger partial charge is 0.197 e. The molecule has 5 heteroatoms. The van der Waals surface area contributed by atoms with E-state index >= 15 is 0 Å². The van der Waals surface area contributed by atoms with Crippen molar-refractivity contribution in [2.24, 2.45) is 0 Å². The predicted molar refractivity (Wildman–Crippen MR) is 91.7 cm³/mol. The highest BCUT2D eigenvalue weighted by Gasteiger charge is 2.31. The number of benzene rings is 2. The summed E-state index contributed by atoms with van der Waals surface area (Å²) in [5, 5.41) is 0. The van der Waals surface area contributed by atoms with Crippen LogP contribution in [0.5, 0.6) is 0 Å². The van der Waals surface area contributed by atoms with Crippen LogP contribution in [0, 0.1) is 13.8 Å². The van der Waals surface area contributed by atoms with Gasteiger partial charge in [-0.2, -0.15) is 0 Å². The lowest BCUT2D eigenvalue weighted by Gasteiger charge is -2.11. The zero-order valence-corrected chi connectivity index (χ0v) is 14.7. The third-order valence-electron chi connectivity index (χ3n) is 3.16. The first-order valence-corrected chi connectivity index (χ1v) is 9.17. The Morgan fingerprint density at radius 3 is 1.81 bits per heavy atom. The van der Waals surface area contributed by atoms with Crippen LogP contribution >= 0.6 is 22.6 Å². The van der Waals surface area contributed by atoms with Crippen LogP contribution in [0.3, 0.4) is 0 Å². The second kappa shape index (κ2) is 6.27. The molecule has 0 amide bonds. The summed E-state index contributed by atoms with van der Waals surface area (Å²) in [5.41, 5.74) is 2.41. The molecule has 21 heavy (non-hydrogen) atoms. The Morgan fingerprint density at radius 1 is 0.905 bits per heavy atom. The molecule has 3 nitrogen and oxygen atoms in total. The van der Waals surface area contributed by atoms with Crippen molar-refractivity contribution >= 4 is 38.2 Å². The highest BCUT2D eigenvalue weighted by atomic mass is 127. The van der Waals surface area contributed by atoms with Crippen molar-refractivity contribution < 1.29 is 13.2 Å². The fraction of sp³-hybridized carbons (Fsp3) is 0.188. The van der Waals surface area contributed by atoms with Crippen LogP contribution in [-0.4, -0.2) is 17.5 Å². The summed E-state index contributed by atoms with van der Waals surface area (Å²) < 4.78 is 23.9. The van der Waals surface area contributed by atoms with Crippen LogP contribution in [0.2, 0.25) is 0 Å². The number of hydrogen-bond acceptors (Lipinski definition) is 3. The van der Waals surface area contributed by atoms with Crippen LogP contribution in [0.1, 0.15) is 21.5 Å². The summed E-state index contributed by atoms with van der Waals surface area (Å²) in [7, 11) is -3.68. The minimum absolute atomic E-state index is 0.174. The van der Waals surface area contributed by atoms with Crippen molar-refractivity contribution in [1.82, 2.24) is 0 Å². The number of hydrogen-bond donors (Lipinski definition) is 0. The molecule has 2 aromatic rings. The first-order chi connectivity index (χ1) is 9.82. The summed E-state index contributed by atoms with van der Waals surface area (Å²) in [6.45, 7) is 3.80. The van der Waals surface area contributed by atoms with Gasteiger partial charge < -0.3 is 0 Å². The lowest BCUT2D eigenvalue weighted by molar-refractivity contribution is 0.101. The number of ketones is 1. The molecule has 1 unspecified atom stereocenters. The molecule has 0 saturated heterocycles. The van der Waals surface area contributed by atoms with Gasteiger partial charge in [-0.25, -0.2) is 8.42 Å². The zero-order chi connectivity index (χ0) is 15.6. The number of carbonyl (C=O) groups is 1. The second-order valence-electron chi connectivity index (χ2n) is 4.90. The molecular formula is C16H15IO3S. The van der Waals surface area contributed by atoms with Gasteiger partial charge in [0.1, 0.15) is 0 Å². The van der Waals surface area contributed by atoms with Gasteiger partial charge in [0.25, 0.3) is 0 Å². The topological polar surface area (TPSA) is 51.2 Å². The maximum absolute atomic E-state index is 12.5. The summed E-state index contributed by atoms with van der Waals surface area (Å²) in [6, 6.07) is 13.5. The van der Waals surface area contributed by atoms with Gasteiger partial charge in [0, 0.05) is 5.56 Å². The lowest BCUT2D eigenvalue weighted by atomic mass is 10.1. The number of sulfone groups is 1. The van der Waals surface area contributed by atoms with Gasteiger partial charge in [-0.05, 0) is 26.0 Å². The Morgan fingerprint density at radius 2 is 1.33 bits per heavy atom. The third kappa shape index (κ3) is 3.52. The summed E-state index contributed by atoms with van der Waals surface area (Å²) in [6.07, 6.45) is 0. The van der Waals surface area contributed by atoms with Crippen LogP contribution in [0.15, 0.2) is 53.4 Å². The van der Waals surface area contributed by atoms with E-state index in [1.54, 1.807) is 71.1 Å². The lowest BCUT2D eigenvalue weighted by Crippen LogP contribution is -2.24. The van der Waals surface area contributed by atoms with E-state index in [1.807, 2.05) is 13.8 Å². The zero-order valence-electron chi connectivity index (χ0n) is 11.7. The highest BCUT2D eigenvalue weighted by molar-refractivity contribution is 14.1. The summed E-state index contributed by atoms with van der Waals surface area (Å²) in [4.78, 5) is 12.5. The minimum Gasteiger partial charge on any atom is -0.292 e. The molecule has 0 fully saturated rings. The minimum atomic E-state index is -3.68. The molecule has 0 spiro atoms. The molecule has 0 radical (unpaired) electrons. The SMILES string of the molecule is Cc1ccc(C(=O)C(I)S(=O)(=O)c2ccc(C)cc2)cc1. The van der Waals surface area contributed by atoms with Gasteiger partial charge in [-0.3, -0.25) is 4.79 Å². The number of carbonyl (C=O) groups excluding carboxylic acids is 1. The molecule has 0 saturated carbocycles. The fourth-order valence-corrected chi connectivity index (χ4v) is 4.25. The van der Waals surface area contributed by atoms with Crippen molar-refractivity contribution in [3.8, 4) is 0 Å². The average Bonchev–Trinajstić information content (AvgIpc) is 2.47. The molecule has 0 aliphatic rings. The van der Waals surface area contributed by atoms with Crippen molar-refractivity contribution in [3.63, 3.8) is 0 Å². The van der Waals surface area contributed by atoms with E-state index in [0.717, 1.165) is 11.1 Å². The normalized spacial score (nSPS) is 12.9. The number of alkyl halides is 1. The van der Waals surface area contributed by atoms with Crippen molar-refractivity contribution in [1.29, 1.82) is 0 Å². The van der Waals surface area contributed by atoms with E-state index in [-0.39, 0.29) is 4.90 Å². The van der Waals surface area contributed by atoms with Gasteiger partial charge in [-0.1, -0.05) is 70.1 Å². The first kappa shape index (κ1) is 16.2. The third-order valence-corrected chi connectivity index (χ3v) is 7.43. The second-order valence-corrected chi connectivity index (χ2v) is 9.03. The van der Waals surface area contributed by atoms with E-state index in [0.29, 0.717) is 5.56 Å². The van der Waals surface area contributed by atoms with Crippen LogP contribution in [0.25, 0.3) is 0 Å². The molecule has 0 N–H and O–H groups in total. The van der Waals surface area contributed by atoms with Crippen molar-refractivity contribution in [3.05, 3.63) is 65.2 Å². The Kier molecular flexibility index (Phi) is 4.83. The molecule has 0 heterocycles. The van der Waals surface area contributed by atoms with Gasteiger partial charge in [0.05, 0.1) is 4.90 Å². The molecule has 110 valence electrons. The predicted octanol–water partition coefficient (Wildman–Crippen LogP) is 3.72. The van der Waals surface area contributed by atoms with Crippen LogP contribution < -0.4 is 0 Å². The van der Waals surface area contributed by atoms with Crippen molar-refractivity contribution in [2.75, 3.05) is 0 Å². The Hall–Kier alpha value is -1.21.